The van der Waals surface area contributed by atoms with Crippen molar-refractivity contribution in [2.45, 2.75) is 10.9 Å². The summed E-state index contributed by atoms with van der Waals surface area (Å²) >= 11 is 0. The van der Waals surface area contributed by atoms with E-state index in [1.54, 1.807) is 30.3 Å². The topological polar surface area (TPSA) is 98.8 Å². The van der Waals surface area contributed by atoms with Crippen molar-refractivity contribution in [2.24, 2.45) is 0 Å². The number of benzene rings is 2. The van der Waals surface area contributed by atoms with Gasteiger partial charge in [-0.1, -0.05) is 30.3 Å². The monoisotopic (exact) mass is 399 g/mol. The van der Waals surface area contributed by atoms with Gasteiger partial charge in [-0.2, -0.15) is 0 Å². The van der Waals surface area contributed by atoms with Gasteiger partial charge in [-0.05, 0) is 17.7 Å². The van der Waals surface area contributed by atoms with Gasteiger partial charge >= 0.3 is 0 Å². The van der Waals surface area contributed by atoms with Crippen LogP contribution in [0.25, 0.3) is 0 Å². The van der Waals surface area contributed by atoms with Gasteiger partial charge in [-0.3, -0.25) is 0 Å². The van der Waals surface area contributed by atoms with Crippen molar-refractivity contribution in [3.8, 4) is 11.5 Å². The Bertz CT molecular complexity index is 956. The summed E-state index contributed by atoms with van der Waals surface area (Å²) in [5.74, 6) is 0.292. The normalized spacial score (nSPS) is 13.2. The maximum atomic E-state index is 12.8. The Morgan fingerprint density at radius 1 is 0.923 bits per heavy atom. The number of sulfone groups is 1. The van der Waals surface area contributed by atoms with Crippen molar-refractivity contribution in [1.82, 2.24) is 4.72 Å². The minimum atomic E-state index is -3.99. The Balaban J connectivity index is 2.40. The van der Waals surface area contributed by atoms with Crippen molar-refractivity contribution in [3.63, 3.8) is 0 Å². The zero-order valence-electron chi connectivity index (χ0n) is 14.7. The van der Waals surface area contributed by atoms with Gasteiger partial charge in [0.2, 0.25) is 10.0 Å². The molecule has 2 rings (SSSR count). The lowest BCUT2D eigenvalue weighted by molar-refractivity contribution is 0.354. The maximum absolute atomic E-state index is 12.8. The van der Waals surface area contributed by atoms with Gasteiger partial charge in [0, 0.05) is 12.3 Å². The highest BCUT2D eigenvalue weighted by atomic mass is 32.2. The van der Waals surface area contributed by atoms with Crippen LogP contribution in [0.5, 0.6) is 11.5 Å². The Morgan fingerprint density at radius 3 is 2.08 bits per heavy atom. The fourth-order valence-corrected chi connectivity index (χ4v) is 4.65. The van der Waals surface area contributed by atoms with E-state index in [-0.39, 0.29) is 16.4 Å². The maximum Gasteiger partial charge on any atom is 0.241 e. The summed E-state index contributed by atoms with van der Waals surface area (Å²) in [5, 5.41) is 0. The fraction of sp³-hybridized carbons (Fsp3) is 0.294. The second-order valence-electron chi connectivity index (χ2n) is 5.69. The predicted octanol–water partition coefficient (Wildman–Crippen LogP) is 1.77. The van der Waals surface area contributed by atoms with Crippen LogP contribution in [0.1, 0.15) is 11.6 Å². The van der Waals surface area contributed by atoms with Crippen molar-refractivity contribution in [1.29, 1.82) is 0 Å². The molecule has 0 aromatic heterocycles. The second-order valence-corrected chi connectivity index (χ2v) is 9.59. The standard InChI is InChI=1S/C17H21NO6S2/c1-23-16-10-9-14(11-17(16)24-2)26(21,22)18-15(12-25(3,19)20)13-7-5-4-6-8-13/h4-11,15,18H,12H2,1-3H3. The summed E-state index contributed by atoms with van der Waals surface area (Å²) in [5.41, 5.74) is 0.557. The van der Waals surface area contributed by atoms with Gasteiger partial charge in [0.25, 0.3) is 0 Å². The third-order valence-electron chi connectivity index (χ3n) is 3.63. The number of hydrogen-bond acceptors (Lipinski definition) is 6. The van der Waals surface area contributed by atoms with E-state index in [9.17, 15) is 16.8 Å². The molecule has 0 heterocycles. The van der Waals surface area contributed by atoms with E-state index in [4.69, 9.17) is 9.47 Å². The van der Waals surface area contributed by atoms with Crippen LogP contribution in [0.15, 0.2) is 53.4 Å². The minimum Gasteiger partial charge on any atom is -0.493 e. The van der Waals surface area contributed by atoms with Crippen molar-refractivity contribution >= 4 is 19.9 Å². The van der Waals surface area contributed by atoms with Gasteiger partial charge in [-0.15, -0.1) is 0 Å². The third-order valence-corrected chi connectivity index (χ3v) is 6.04. The summed E-state index contributed by atoms with van der Waals surface area (Å²) in [4.78, 5) is -0.0513. The summed E-state index contributed by atoms with van der Waals surface area (Å²) < 4.78 is 61.7. The van der Waals surface area contributed by atoms with Gasteiger partial charge in [0.15, 0.2) is 11.5 Å². The Morgan fingerprint density at radius 2 is 1.54 bits per heavy atom. The molecule has 1 unspecified atom stereocenters. The first-order valence-electron chi connectivity index (χ1n) is 7.63. The van der Waals surface area contributed by atoms with Crippen LogP contribution in [0.2, 0.25) is 0 Å². The molecule has 0 aliphatic rings. The molecule has 0 aliphatic carbocycles. The zero-order valence-corrected chi connectivity index (χ0v) is 16.3. The quantitative estimate of drug-likeness (QED) is 0.726. The van der Waals surface area contributed by atoms with Crippen LogP contribution in [-0.4, -0.2) is 43.1 Å². The summed E-state index contributed by atoms with van der Waals surface area (Å²) in [6.07, 6.45) is 1.06. The lowest BCUT2D eigenvalue weighted by Crippen LogP contribution is -2.33. The molecule has 9 heteroatoms. The van der Waals surface area contributed by atoms with Crippen LogP contribution in [0, 0.1) is 0 Å². The van der Waals surface area contributed by atoms with Crippen LogP contribution in [-0.2, 0) is 19.9 Å². The van der Waals surface area contributed by atoms with Crippen LogP contribution in [0.3, 0.4) is 0 Å². The number of hydrogen-bond donors (Lipinski definition) is 1. The lowest BCUT2D eigenvalue weighted by atomic mass is 10.1. The molecule has 7 nitrogen and oxygen atoms in total. The highest BCUT2D eigenvalue weighted by Gasteiger charge is 2.25. The van der Waals surface area contributed by atoms with E-state index < -0.39 is 25.9 Å². The molecule has 0 fully saturated rings. The highest BCUT2D eigenvalue weighted by molar-refractivity contribution is 7.91. The number of ether oxygens (including phenoxy) is 2. The average molecular weight is 399 g/mol. The molecule has 142 valence electrons. The van der Waals surface area contributed by atoms with E-state index in [0.29, 0.717) is 11.3 Å². The van der Waals surface area contributed by atoms with Gasteiger partial charge < -0.3 is 9.47 Å². The zero-order chi connectivity index (χ0) is 19.4. The predicted molar refractivity (Wildman–Crippen MR) is 98.8 cm³/mol. The molecular formula is C17H21NO6S2. The molecule has 0 radical (unpaired) electrons. The molecule has 1 N–H and O–H groups in total. The molecule has 2 aromatic rings. The van der Waals surface area contributed by atoms with Crippen LogP contribution in [0.4, 0.5) is 0 Å². The molecule has 0 bridgehead atoms. The molecule has 1 atom stereocenters. The fourth-order valence-electron chi connectivity index (χ4n) is 2.43. The van der Waals surface area contributed by atoms with Gasteiger partial charge in [0.1, 0.15) is 9.84 Å². The van der Waals surface area contributed by atoms with E-state index in [1.165, 1.54) is 32.4 Å². The SMILES string of the molecule is COc1ccc(S(=O)(=O)NC(CS(C)(=O)=O)c2ccccc2)cc1OC. The average Bonchev–Trinajstić information content (AvgIpc) is 2.60. The first-order valence-corrected chi connectivity index (χ1v) is 11.2. The molecule has 0 amide bonds. The Labute approximate surface area is 153 Å². The summed E-state index contributed by atoms with van der Waals surface area (Å²) in [6, 6.07) is 11.8. The Kier molecular flexibility index (Phi) is 6.27. The second kappa shape index (κ2) is 8.07. The molecular weight excluding hydrogens is 378 g/mol. The molecule has 0 saturated heterocycles. The highest BCUT2D eigenvalue weighted by Crippen LogP contribution is 2.30. The van der Waals surface area contributed by atoms with E-state index in [2.05, 4.69) is 4.72 Å². The molecule has 26 heavy (non-hydrogen) atoms. The first kappa shape index (κ1) is 20.2. The minimum absolute atomic E-state index is 0.0513. The third kappa shape index (κ3) is 5.20. The summed E-state index contributed by atoms with van der Waals surface area (Å²) in [7, 11) is -4.56. The first-order chi connectivity index (χ1) is 12.2. The van der Waals surface area contributed by atoms with E-state index in [0.717, 1.165) is 6.26 Å². The lowest BCUT2D eigenvalue weighted by Gasteiger charge is -2.19. The molecule has 0 aliphatic heterocycles. The largest absolute Gasteiger partial charge is 0.493 e. The molecule has 0 saturated carbocycles. The van der Waals surface area contributed by atoms with Crippen molar-refractivity contribution in [3.05, 3.63) is 54.1 Å². The molecule has 0 spiro atoms. The van der Waals surface area contributed by atoms with Crippen LogP contribution >= 0.6 is 0 Å². The number of nitrogens with one attached hydrogen (secondary N) is 1. The van der Waals surface area contributed by atoms with Crippen molar-refractivity contribution in [2.75, 3.05) is 26.2 Å². The van der Waals surface area contributed by atoms with Crippen molar-refractivity contribution < 1.29 is 26.3 Å². The van der Waals surface area contributed by atoms with Gasteiger partial charge in [0.05, 0.1) is 30.9 Å². The smallest absolute Gasteiger partial charge is 0.241 e. The number of sulfonamides is 1. The Hall–Kier alpha value is -2.10. The van der Waals surface area contributed by atoms with Crippen LogP contribution < -0.4 is 14.2 Å². The number of methoxy groups -OCH3 is 2. The number of rotatable bonds is 8. The van der Waals surface area contributed by atoms with E-state index in [1.807, 2.05) is 0 Å². The van der Waals surface area contributed by atoms with Gasteiger partial charge in [-0.25, -0.2) is 21.6 Å². The van der Waals surface area contributed by atoms with E-state index >= 15 is 0 Å². The molecule has 2 aromatic carbocycles. The summed E-state index contributed by atoms with van der Waals surface area (Å²) in [6.45, 7) is 0.